The van der Waals surface area contributed by atoms with Gasteiger partial charge in [-0.15, -0.1) is 0 Å². The average molecular weight is 472 g/mol. The molecule has 1 atom stereocenters. The van der Waals surface area contributed by atoms with Gasteiger partial charge in [0.15, 0.2) is 5.69 Å². The molecule has 0 spiro atoms. The molecule has 0 saturated heterocycles. The summed E-state index contributed by atoms with van der Waals surface area (Å²) >= 11 is 0. The topological polar surface area (TPSA) is 79.3 Å². The molecule has 0 aliphatic heterocycles. The number of hydrogen-bond donors (Lipinski definition) is 2. The van der Waals surface area contributed by atoms with Gasteiger partial charge in [0.2, 0.25) is 0 Å². The Morgan fingerprint density at radius 3 is 2.74 bits per heavy atom. The van der Waals surface area contributed by atoms with E-state index >= 15 is 0 Å². The summed E-state index contributed by atoms with van der Waals surface area (Å²) in [6, 6.07) is 5.91. The molecule has 0 radical (unpaired) electrons. The minimum atomic E-state index is -0.240. The van der Waals surface area contributed by atoms with E-state index in [9.17, 15) is 9.59 Å². The molecule has 0 fully saturated rings. The van der Waals surface area contributed by atoms with Gasteiger partial charge in [-0.1, -0.05) is 50.3 Å². The first kappa shape index (κ1) is 24.3. The van der Waals surface area contributed by atoms with E-state index < -0.39 is 0 Å². The van der Waals surface area contributed by atoms with E-state index in [0.29, 0.717) is 5.69 Å². The molecule has 3 amide bonds. The molecule has 1 aromatic carbocycles. The minimum absolute atomic E-state index is 0.0879. The molecule has 2 aromatic rings. The molecule has 0 bridgehead atoms. The number of nitrogens with zero attached hydrogens (tertiary/aromatic N) is 3. The fourth-order valence-corrected chi connectivity index (χ4v) is 4.34. The smallest absolute Gasteiger partial charge is 0.321 e. The van der Waals surface area contributed by atoms with Crippen molar-refractivity contribution in [2.75, 3.05) is 14.1 Å². The number of amides is 3. The average Bonchev–Trinajstić information content (AvgIpc) is 2.97. The van der Waals surface area contributed by atoms with E-state index in [1.165, 1.54) is 4.90 Å². The lowest BCUT2D eigenvalue weighted by atomic mass is 9.76. The SMILES string of the molecule is CC[C@@]1(C)C=C(c2ccc3c(c2)c(C(=O)NC2=CCC=CC=C2)nn3C)C=C(NC(=O)N(C)C)C1. The van der Waals surface area contributed by atoms with Crippen LogP contribution in [-0.4, -0.2) is 40.7 Å². The van der Waals surface area contributed by atoms with Crippen LogP contribution < -0.4 is 10.6 Å². The second-order valence-corrected chi connectivity index (χ2v) is 9.62. The van der Waals surface area contributed by atoms with Gasteiger partial charge in [-0.05, 0) is 60.1 Å². The molecule has 1 heterocycles. The second-order valence-electron chi connectivity index (χ2n) is 9.62. The quantitative estimate of drug-likeness (QED) is 0.640. The van der Waals surface area contributed by atoms with Gasteiger partial charge in [0.1, 0.15) is 0 Å². The number of carbonyl (C=O) groups excluding carboxylic acids is 2. The molecule has 1 aromatic heterocycles. The Morgan fingerprint density at radius 2 is 2.00 bits per heavy atom. The number of nitrogens with one attached hydrogen (secondary N) is 2. The first-order valence-electron chi connectivity index (χ1n) is 11.9. The Balaban J connectivity index is 1.71. The van der Waals surface area contributed by atoms with Crippen molar-refractivity contribution in [2.24, 2.45) is 12.5 Å². The van der Waals surface area contributed by atoms with Gasteiger partial charge in [0, 0.05) is 37.9 Å². The van der Waals surface area contributed by atoms with Gasteiger partial charge in [-0.25, -0.2) is 4.79 Å². The molecule has 2 aliphatic rings. The molecule has 0 unspecified atom stereocenters. The summed E-state index contributed by atoms with van der Waals surface area (Å²) in [6.07, 6.45) is 16.5. The number of carbonyl (C=O) groups is 2. The van der Waals surface area contributed by atoms with Gasteiger partial charge in [-0.2, -0.15) is 5.10 Å². The van der Waals surface area contributed by atoms with Crippen LogP contribution in [0.5, 0.6) is 0 Å². The van der Waals surface area contributed by atoms with Crippen molar-refractivity contribution in [2.45, 2.75) is 33.1 Å². The van der Waals surface area contributed by atoms with Crippen molar-refractivity contribution < 1.29 is 9.59 Å². The molecular weight excluding hydrogens is 438 g/mol. The summed E-state index contributed by atoms with van der Waals surface area (Å²) in [4.78, 5) is 27.0. The summed E-state index contributed by atoms with van der Waals surface area (Å²) < 4.78 is 1.73. The summed E-state index contributed by atoms with van der Waals surface area (Å²) in [6.45, 7) is 4.36. The predicted octanol–water partition coefficient (Wildman–Crippen LogP) is 5.06. The van der Waals surface area contributed by atoms with E-state index in [2.05, 4.69) is 35.7 Å². The lowest BCUT2D eigenvalue weighted by molar-refractivity contribution is 0.0963. The molecule has 182 valence electrons. The Kier molecular flexibility index (Phi) is 6.78. The summed E-state index contributed by atoms with van der Waals surface area (Å²) in [5, 5.41) is 11.3. The highest BCUT2D eigenvalue weighted by molar-refractivity contribution is 6.06. The Morgan fingerprint density at radius 1 is 1.20 bits per heavy atom. The zero-order chi connectivity index (χ0) is 25.2. The summed E-state index contributed by atoms with van der Waals surface area (Å²) in [7, 11) is 5.31. The third kappa shape index (κ3) is 5.29. The molecule has 2 N–H and O–H groups in total. The van der Waals surface area contributed by atoms with Crippen molar-refractivity contribution in [1.29, 1.82) is 0 Å². The maximum atomic E-state index is 13.2. The third-order valence-corrected chi connectivity index (χ3v) is 6.56. The number of rotatable bonds is 5. The molecule has 7 heteroatoms. The van der Waals surface area contributed by atoms with Crippen LogP contribution in [0.4, 0.5) is 4.79 Å². The highest BCUT2D eigenvalue weighted by atomic mass is 16.2. The van der Waals surface area contributed by atoms with Crippen LogP contribution in [0.2, 0.25) is 0 Å². The second kappa shape index (κ2) is 9.78. The van der Waals surface area contributed by atoms with Crippen LogP contribution >= 0.6 is 0 Å². The highest BCUT2D eigenvalue weighted by Crippen LogP contribution is 2.39. The van der Waals surface area contributed by atoms with Crippen LogP contribution in [0, 0.1) is 5.41 Å². The van der Waals surface area contributed by atoms with E-state index in [-0.39, 0.29) is 17.4 Å². The molecule has 2 aliphatic carbocycles. The van der Waals surface area contributed by atoms with E-state index in [1.807, 2.05) is 61.7 Å². The van der Waals surface area contributed by atoms with Crippen molar-refractivity contribution >= 4 is 28.4 Å². The number of hydrogen-bond acceptors (Lipinski definition) is 3. The molecular formula is C28H33N5O2. The number of aromatic nitrogens is 2. The van der Waals surface area contributed by atoms with Crippen LogP contribution in [0.15, 0.2) is 72.1 Å². The van der Waals surface area contributed by atoms with Crippen molar-refractivity contribution in [3.63, 3.8) is 0 Å². The summed E-state index contributed by atoms with van der Waals surface area (Å²) in [5.41, 5.74) is 4.82. The number of allylic oxidation sites excluding steroid dienone is 9. The van der Waals surface area contributed by atoms with Crippen molar-refractivity contribution in [3.05, 3.63) is 83.4 Å². The standard InChI is InChI=1S/C28H33N5O2/c1-6-28(2)17-20(15-22(18-28)30-27(35)32(3)4)19-13-14-24-23(16-19)25(31-33(24)5)26(34)29-21-11-9-7-8-10-12-21/h7-9,11-17H,6,10,18H2,1-5H3,(H,29,34)(H,30,35)/t28-/m0/s1. The number of benzene rings is 1. The van der Waals surface area contributed by atoms with Crippen molar-refractivity contribution in [3.8, 4) is 0 Å². The largest absolute Gasteiger partial charge is 0.331 e. The van der Waals surface area contributed by atoms with E-state index in [4.69, 9.17) is 0 Å². The van der Waals surface area contributed by atoms with Crippen LogP contribution in [-0.2, 0) is 7.05 Å². The number of fused-ring (bicyclic) bond motifs is 1. The van der Waals surface area contributed by atoms with Gasteiger partial charge >= 0.3 is 6.03 Å². The Labute approximate surface area is 206 Å². The van der Waals surface area contributed by atoms with E-state index in [1.54, 1.807) is 18.8 Å². The zero-order valence-corrected chi connectivity index (χ0v) is 21.1. The lowest BCUT2D eigenvalue weighted by Gasteiger charge is -2.31. The van der Waals surface area contributed by atoms with Crippen LogP contribution in [0.3, 0.4) is 0 Å². The predicted molar refractivity (Wildman–Crippen MR) is 140 cm³/mol. The molecule has 0 saturated carbocycles. The number of aryl methyl sites for hydroxylation is 1. The first-order chi connectivity index (χ1) is 16.7. The molecule has 35 heavy (non-hydrogen) atoms. The number of urea groups is 1. The van der Waals surface area contributed by atoms with Gasteiger partial charge in [-0.3, -0.25) is 9.48 Å². The lowest BCUT2D eigenvalue weighted by Crippen LogP contribution is -2.36. The van der Waals surface area contributed by atoms with E-state index in [0.717, 1.165) is 52.7 Å². The Bertz CT molecular complexity index is 1320. The first-order valence-corrected chi connectivity index (χ1v) is 11.9. The maximum absolute atomic E-state index is 13.2. The van der Waals surface area contributed by atoms with Crippen molar-refractivity contribution in [1.82, 2.24) is 25.3 Å². The van der Waals surface area contributed by atoms with Gasteiger partial charge in [0.05, 0.1) is 5.52 Å². The summed E-state index contributed by atoms with van der Waals surface area (Å²) in [5.74, 6) is -0.240. The maximum Gasteiger partial charge on any atom is 0.321 e. The zero-order valence-electron chi connectivity index (χ0n) is 21.1. The molecule has 4 rings (SSSR count). The monoisotopic (exact) mass is 471 g/mol. The fourth-order valence-electron chi connectivity index (χ4n) is 4.34. The molecule has 7 nitrogen and oxygen atoms in total. The Hall–Kier alpha value is -3.87. The minimum Gasteiger partial charge on any atom is -0.331 e. The fraction of sp³-hybridized carbons (Fsp3) is 0.321. The van der Waals surface area contributed by atoms with Crippen LogP contribution in [0.1, 0.15) is 49.2 Å². The third-order valence-electron chi connectivity index (χ3n) is 6.56. The van der Waals surface area contributed by atoms with Gasteiger partial charge in [0.25, 0.3) is 5.91 Å². The van der Waals surface area contributed by atoms with Gasteiger partial charge < -0.3 is 15.5 Å². The van der Waals surface area contributed by atoms with Crippen LogP contribution in [0.25, 0.3) is 16.5 Å². The normalized spacial score (nSPS) is 19.5. The highest BCUT2D eigenvalue weighted by Gasteiger charge is 2.27.